The molecule has 1 N–H and O–H groups in total. The van der Waals surface area contributed by atoms with E-state index in [2.05, 4.69) is 39.3 Å². The second-order valence-electron chi connectivity index (χ2n) is 7.67. The molecule has 1 aliphatic rings. The number of thiazole rings is 1. The van der Waals surface area contributed by atoms with Crippen LogP contribution in [0, 0.1) is 0 Å². The van der Waals surface area contributed by atoms with Crippen LogP contribution in [0.5, 0.6) is 11.5 Å². The highest BCUT2D eigenvalue weighted by atomic mass is 32.1. The van der Waals surface area contributed by atoms with E-state index in [9.17, 15) is 4.79 Å². The fraction of sp³-hybridized carbons (Fsp3) is 0.391. The van der Waals surface area contributed by atoms with Crippen molar-refractivity contribution in [1.29, 1.82) is 0 Å². The number of nitrogens with one attached hydrogen (secondary N) is 1. The Bertz CT molecular complexity index is 992. The zero-order chi connectivity index (χ0) is 21.0. The third-order valence-electron chi connectivity index (χ3n) is 5.86. The number of hydrogen-bond donors (Lipinski definition) is 1. The van der Waals surface area contributed by atoms with Gasteiger partial charge < -0.3 is 14.8 Å². The lowest BCUT2D eigenvalue weighted by Gasteiger charge is -2.30. The van der Waals surface area contributed by atoms with E-state index in [4.69, 9.17) is 9.47 Å². The van der Waals surface area contributed by atoms with E-state index in [1.54, 1.807) is 36.9 Å². The molecule has 0 aliphatic heterocycles. The van der Waals surface area contributed by atoms with Gasteiger partial charge >= 0.3 is 0 Å². The third kappa shape index (κ3) is 4.37. The molecular weight excluding hydrogens is 416 g/mol. The number of rotatable bonds is 8. The zero-order valence-corrected chi connectivity index (χ0v) is 18.9. The van der Waals surface area contributed by atoms with Crippen molar-refractivity contribution in [2.45, 2.75) is 37.5 Å². The number of benzene rings is 1. The fourth-order valence-corrected chi connectivity index (χ4v) is 5.67. The number of hydrogen-bond acceptors (Lipinski definition) is 6. The SMILES string of the molecule is COc1ccc(C2(CNC(=O)c3csc(Cc4ccsc4)n3)CCCC2)cc1OC. The quantitative estimate of drug-likeness (QED) is 0.530. The molecule has 1 aromatic carbocycles. The van der Waals surface area contributed by atoms with E-state index in [-0.39, 0.29) is 11.3 Å². The van der Waals surface area contributed by atoms with Gasteiger partial charge in [-0.25, -0.2) is 4.98 Å². The van der Waals surface area contributed by atoms with Crippen LogP contribution in [-0.2, 0) is 11.8 Å². The van der Waals surface area contributed by atoms with Crippen LogP contribution in [0.15, 0.2) is 40.4 Å². The molecule has 2 aromatic heterocycles. The predicted molar refractivity (Wildman–Crippen MR) is 121 cm³/mol. The van der Waals surface area contributed by atoms with E-state index in [1.807, 2.05) is 11.4 Å². The van der Waals surface area contributed by atoms with Gasteiger partial charge in [-0.05, 0) is 52.9 Å². The first-order valence-corrected chi connectivity index (χ1v) is 11.9. The highest BCUT2D eigenvalue weighted by molar-refractivity contribution is 7.10. The predicted octanol–water partition coefficient (Wildman–Crippen LogP) is 5.05. The molecule has 0 bridgehead atoms. The third-order valence-corrected chi connectivity index (χ3v) is 7.44. The number of amides is 1. The Kier molecular flexibility index (Phi) is 6.39. The molecule has 7 heteroatoms. The molecule has 5 nitrogen and oxygen atoms in total. The lowest BCUT2D eigenvalue weighted by Crippen LogP contribution is -2.39. The minimum Gasteiger partial charge on any atom is -0.493 e. The summed E-state index contributed by atoms with van der Waals surface area (Å²) in [7, 11) is 3.30. The van der Waals surface area contributed by atoms with E-state index in [0.29, 0.717) is 12.2 Å². The molecule has 158 valence electrons. The first-order valence-electron chi connectivity index (χ1n) is 10.1. The highest BCUT2D eigenvalue weighted by Gasteiger charge is 2.36. The highest BCUT2D eigenvalue weighted by Crippen LogP contribution is 2.43. The minimum atomic E-state index is -0.102. The van der Waals surface area contributed by atoms with Crippen LogP contribution in [0.3, 0.4) is 0 Å². The number of carbonyl (C=O) groups excluding carboxylic acids is 1. The summed E-state index contributed by atoms with van der Waals surface area (Å²) in [4.78, 5) is 17.4. The second-order valence-corrected chi connectivity index (χ2v) is 9.40. The molecule has 30 heavy (non-hydrogen) atoms. The number of aromatic nitrogens is 1. The molecule has 3 aromatic rings. The molecule has 1 amide bonds. The van der Waals surface area contributed by atoms with Gasteiger partial charge in [-0.15, -0.1) is 11.3 Å². The summed E-state index contributed by atoms with van der Waals surface area (Å²) >= 11 is 3.22. The van der Waals surface area contributed by atoms with Crippen molar-refractivity contribution in [1.82, 2.24) is 10.3 Å². The first-order chi connectivity index (χ1) is 14.6. The zero-order valence-electron chi connectivity index (χ0n) is 17.3. The van der Waals surface area contributed by atoms with Gasteiger partial charge in [-0.2, -0.15) is 11.3 Å². The molecule has 1 fully saturated rings. The van der Waals surface area contributed by atoms with Crippen molar-refractivity contribution in [3.8, 4) is 11.5 Å². The molecule has 0 saturated heterocycles. The standard InChI is InChI=1S/C23H26N2O3S2/c1-27-19-6-5-17(12-20(19)28-2)23(8-3-4-9-23)15-24-22(26)18-14-30-21(25-18)11-16-7-10-29-13-16/h5-7,10,12-14H,3-4,8-9,11,15H2,1-2H3,(H,24,26). The Morgan fingerprint density at radius 1 is 1.13 bits per heavy atom. The molecule has 2 heterocycles. The average molecular weight is 443 g/mol. The van der Waals surface area contributed by atoms with E-state index < -0.39 is 0 Å². The van der Waals surface area contributed by atoms with Crippen molar-refractivity contribution < 1.29 is 14.3 Å². The lowest BCUT2D eigenvalue weighted by atomic mass is 9.78. The van der Waals surface area contributed by atoms with Crippen LogP contribution in [-0.4, -0.2) is 31.7 Å². The molecular formula is C23H26N2O3S2. The summed E-state index contributed by atoms with van der Waals surface area (Å²) in [5.41, 5.74) is 2.85. The van der Waals surface area contributed by atoms with Crippen LogP contribution >= 0.6 is 22.7 Å². The summed E-state index contributed by atoms with van der Waals surface area (Å²) in [6.45, 7) is 0.596. The second kappa shape index (κ2) is 9.18. The maximum atomic E-state index is 12.8. The number of methoxy groups -OCH3 is 2. The number of thiophene rings is 1. The summed E-state index contributed by atoms with van der Waals surface area (Å²) in [6.07, 6.45) is 5.18. The van der Waals surface area contributed by atoms with Crippen LogP contribution in [0.2, 0.25) is 0 Å². The molecule has 0 spiro atoms. The average Bonchev–Trinajstić information content (AvgIpc) is 3.54. The van der Waals surface area contributed by atoms with Crippen molar-refractivity contribution >= 4 is 28.6 Å². The van der Waals surface area contributed by atoms with Gasteiger partial charge in [0.1, 0.15) is 5.69 Å². The van der Waals surface area contributed by atoms with Crippen molar-refractivity contribution in [3.63, 3.8) is 0 Å². The van der Waals surface area contributed by atoms with Crippen molar-refractivity contribution in [2.75, 3.05) is 20.8 Å². The molecule has 0 unspecified atom stereocenters. The van der Waals surface area contributed by atoms with Crippen LogP contribution in [0.1, 0.15) is 52.3 Å². The number of nitrogens with zero attached hydrogens (tertiary/aromatic N) is 1. The Morgan fingerprint density at radius 3 is 2.63 bits per heavy atom. The Morgan fingerprint density at radius 2 is 1.93 bits per heavy atom. The molecule has 0 atom stereocenters. The molecule has 0 radical (unpaired) electrons. The van der Waals surface area contributed by atoms with Crippen LogP contribution in [0.4, 0.5) is 0 Å². The van der Waals surface area contributed by atoms with Gasteiger partial charge in [0.05, 0.1) is 19.2 Å². The fourth-order valence-electron chi connectivity index (χ4n) is 4.19. The van der Waals surface area contributed by atoms with E-state index in [0.717, 1.165) is 48.6 Å². The first kappa shape index (κ1) is 20.9. The lowest BCUT2D eigenvalue weighted by molar-refractivity contribution is 0.0938. The summed E-state index contributed by atoms with van der Waals surface area (Å²) in [5, 5.41) is 10.2. The molecule has 1 aliphatic carbocycles. The van der Waals surface area contributed by atoms with Crippen LogP contribution in [0.25, 0.3) is 0 Å². The largest absolute Gasteiger partial charge is 0.493 e. The van der Waals surface area contributed by atoms with Crippen molar-refractivity contribution in [2.24, 2.45) is 0 Å². The summed E-state index contributed by atoms with van der Waals surface area (Å²) in [5.74, 6) is 1.35. The topological polar surface area (TPSA) is 60.5 Å². The molecule has 4 rings (SSSR count). The van der Waals surface area contributed by atoms with Gasteiger partial charge in [0, 0.05) is 23.8 Å². The van der Waals surface area contributed by atoms with Gasteiger partial charge in [0.15, 0.2) is 11.5 Å². The summed E-state index contributed by atoms with van der Waals surface area (Å²) in [6, 6.07) is 8.20. The van der Waals surface area contributed by atoms with Gasteiger partial charge in [-0.1, -0.05) is 18.9 Å². The Balaban J connectivity index is 1.46. The monoisotopic (exact) mass is 442 g/mol. The van der Waals surface area contributed by atoms with Gasteiger partial charge in [0.25, 0.3) is 5.91 Å². The van der Waals surface area contributed by atoms with Gasteiger partial charge in [-0.3, -0.25) is 4.79 Å². The number of carbonyl (C=O) groups is 1. The summed E-state index contributed by atoms with van der Waals surface area (Å²) < 4.78 is 10.9. The smallest absolute Gasteiger partial charge is 0.270 e. The van der Waals surface area contributed by atoms with Crippen LogP contribution < -0.4 is 14.8 Å². The van der Waals surface area contributed by atoms with Gasteiger partial charge in [0.2, 0.25) is 0 Å². The minimum absolute atomic E-state index is 0.0786. The van der Waals surface area contributed by atoms with Crippen molar-refractivity contribution in [3.05, 3.63) is 62.2 Å². The maximum absolute atomic E-state index is 12.8. The Hall–Kier alpha value is -2.38. The van der Waals surface area contributed by atoms with E-state index >= 15 is 0 Å². The Labute approximate surface area is 185 Å². The van der Waals surface area contributed by atoms with E-state index in [1.165, 1.54) is 11.1 Å². The number of ether oxygens (including phenoxy) is 2. The molecule has 1 saturated carbocycles. The maximum Gasteiger partial charge on any atom is 0.270 e. The normalized spacial score (nSPS) is 15.1.